The van der Waals surface area contributed by atoms with Crippen LogP contribution in [0.1, 0.15) is 21.5 Å². The lowest BCUT2D eigenvalue weighted by atomic mass is 10.0. The number of aromatic nitrogens is 1. The minimum atomic E-state index is -4.53. The van der Waals surface area contributed by atoms with Crippen LogP contribution in [0.3, 0.4) is 0 Å². The van der Waals surface area contributed by atoms with Gasteiger partial charge in [0.15, 0.2) is 0 Å². The highest BCUT2D eigenvalue weighted by Crippen LogP contribution is 2.31. The van der Waals surface area contributed by atoms with Crippen LogP contribution in [0.5, 0.6) is 0 Å². The molecule has 0 bridgehead atoms. The van der Waals surface area contributed by atoms with Gasteiger partial charge in [-0.25, -0.2) is 10.4 Å². The third kappa shape index (κ3) is 5.26. The van der Waals surface area contributed by atoms with E-state index >= 15 is 0 Å². The summed E-state index contributed by atoms with van der Waals surface area (Å²) in [4.78, 5) is 17.8. The summed E-state index contributed by atoms with van der Waals surface area (Å²) in [6.45, 7) is 0. The number of amides is 1. The highest BCUT2D eigenvalue weighted by atomic mass is 19.4. The molecular weight excluding hydrogens is 475 g/mol. The lowest BCUT2D eigenvalue weighted by Gasteiger charge is -2.10. The standard InChI is InChI=1S/C30H20F3N3O/c31-30(32,33)26-12-6-4-10-23(26)19-34-36-29(37)25-18-28(35-27-13-7-5-11-24(25)27)22-16-14-21(15-17-22)20-8-2-1-3-9-20/h1-19H,(H,36,37)/b34-19-. The molecule has 5 aromatic rings. The Balaban J connectivity index is 1.45. The van der Waals surface area contributed by atoms with Crippen molar-refractivity contribution in [2.45, 2.75) is 6.18 Å². The zero-order valence-corrected chi connectivity index (χ0v) is 19.4. The van der Waals surface area contributed by atoms with Gasteiger partial charge >= 0.3 is 6.18 Å². The molecule has 182 valence electrons. The van der Waals surface area contributed by atoms with Crippen molar-refractivity contribution in [3.05, 3.63) is 126 Å². The Morgan fingerprint density at radius 1 is 0.757 bits per heavy atom. The molecule has 0 saturated carbocycles. The van der Waals surface area contributed by atoms with Gasteiger partial charge in [-0.2, -0.15) is 18.3 Å². The van der Waals surface area contributed by atoms with Gasteiger partial charge in [0.05, 0.1) is 28.6 Å². The molecule has 1 aromatic heterocycles. The number of nitrogens with one attached hydrogen (secondary N) is 1. The van der Waals surface area contributed by atoms with Crippen LogP contribution < -0.4 is 5.43 Å². The van der Waals surface area contributed by atoms with E-state index in [1.165, 1.54) is 18.2 Å². The van der Waals surface area contributed by atoms with Crippen LogP contribution in [-0.2, 0) is 6.18 Å². The summed E-state index contributed by atoms with van der Waals surface area (Å²) in [7, 11) is 0. The zero-order chi connectivity index (χ0) is 25.8. The third-order valence-corrected chi connectivity index (χ3v) is 5.88. The van der Waals surface area contributed by atoms with E-state index in [2.05, 4.69) is 10.5 Å². The maximum Gasteiger partial charge on any atom is 0.417 e. The van der Waals surface area contributed by atoms with Crippen LogP contribution in [0.4, 0.5) is 13.2 Å². The predicted molar refractivity (Wildman–Crippen MR) is 139 cm³/mol. The van der Waals surface area contributed by atoms with E-state index in [9.17, 15) is 18.0 Å². The summed E-state index contributed by atoms with van der Waals surface area (Å²) in [5.74, 6) is -0.554. The summed E-state index contributed by atoms with van der Waals surface area (Å²) in [5, 5.41) is 4.41. The molecule has 0 aliphatic heterocycles. The van der Waals surface area contributed by atoms with Crippen LogP contribution in [0.2, 0.25) is 0 Å². The van der Waals surface area contributed by atoms with Gasteiger partial charge in [0.1, 0.15) is 0 Å². The van der Waals surface area contributed by atoms with Gasteiger partial charge in [-0.05, 0) is 29.3 Å². The Kier molecular flexibility index (Phi) is 6.51. The molecular formula is C30H20F3N3O. The van der Waals surface area contributed by atoms with Crippen molar-refractivity contribution >= 4 is 23.0 Å². The number of rotatable bonds is 5. The van der Waals surface area contributed by atoms with Crippen LogP contribution in [0, 0.1) is 0 Å². The van der Waals surface area contributed by atoms with Crippen molar-refractivity contribution in [3.63, 3.8) is 0 Å². The topological polar surface area (TPSA) is 54.4 Å². The maximum atomic E-state index is 13.2. The number of fused-ring (bicyclic) bond motifs is 1. The minimum Gasteiger partial charge on any atom is -0.267 e. The predicted octanol–water partition coefficient (Wildman–Crippen LogP) is 7.35. The summed E-state index contributed by atoms with van der Waals surface area (Å²) in [6.07, 6.45) is -3.54. The van der Waals surface area contributed by atoms with Crippen molar-refractivity contribution in [1.29, 1.82) is 0 Å². The van der Waals surface area contributed by atoms with E-state index in [1.807, 2.05) is 60.7 Å². The Morgan fingerprint density at radius 2 is 1.38 bits per heavy atom. The minimum absolute atomic E-state index is 0.144. The second-order valence-electron chi connectivity index (χ2n) is 8.30. The first-order chi connectivity index (χ1) is 17.9. The molecule has 0 saturated heterocycles. The molecule has 0 unspecified atom stereocenters. The van der Waals surface area contributed by atoms with Crippen molar-refractivity contribution in [3.8, 4) is 22.4 Å². The lowest BCUT2D eigenvalue weighted by molar-refractivity contribution is -0.137. The number of carbonyl (C=O) groups is 1. The van der Waals surface area contributed by atoms with Gasteiger partial charge in [-0.3, -0.25) is 4.79 Å². The van der Waals surface area contributed by atoms with Crippen molar-refractivity contribution < 1.29 is 18.0 Å². The number of hydrazone groups is 1. The molecule has 4 nitrogen and oxygen atoms in total. The fourth-order valence-corrected chi connectivity index (χ4v) is 4.06. The summed E-state index contributed by atoms with van der Waals surface area (Å²) >= 11 is 0. The number of alkyl halides is 3. The maximum absolute atomic E-state index is 13.2. The molecule has 0 radical (unpaired) electrons. The van der Waals surface area contributed by atoms with Gasteiger partial charge in [0.25, 0.3) is 5.91 Å². The molecule has 0 spiro atoms. The van der Waals surface area contributed by atoms with Crippen molar-refractivity contribution in [2.24, 2.45) is 5.10 Å². The number of carbonyl (C=O) groups excluding carboxylic acids is 1. The van der Waals surface area contributed by atoms with E-state index in [1.54, 1.807) is 24.3 Å². The fraction of sp³-hybridized carbons (Fsp3) is 0.0333. The molecule has 0 aliphatic carbocycles. The third-order valence-electron chi connectivity index (χ3n) is 5.88. The number of hydrogen-bond donors (Lipinski definition) is 1. The zero-order valence-electron chi connectivity index (χ0n) is 19.4. The van der Waals surface area contributed by atoms with Crippen molar-refractivity contribution in [2.75, 3.05) is 0 Å². The average Bonchev–Trinajstić information content (AvgIpc) is 2.92. The van der Waals surface area contributed by atoms with Crippen molar-refractivity contribution in [1.82, 2.24) is 10.4 Å². The smallest absolute Gasteiger partial charge is 0.267 e. The Hall–Kier alpha value is -4.78. The summed E-state index contributed by atoms with van der Waals surface area (Å²) in [5.41, 5.74) is 5.87. The first-order valence-electron chi connectivity index (χ1n) is 11.5. The molecule has 0 atom stereocenters. The number of hydrogen-bond acceptors (Lipinski definition) is 3. The van der Waals surface area contributed by atoms with Crippen LogP contribution in [-0.4, -0.2) is 17.1 Å². The molecule has 0 aliphatic rings. The average molecular weight is 496 g/mol. The van der Waals surface area contributed by atoms with E-state index in [0.717, 1.165) is 29.0 Å². The molecule has 1 amide bonds. The van der Waals surface area contributed by atoms with Gasteiger partial charge < -0.3 is 0 Å². The quantitative estimate of drug-likeness (QED) is 0.205. The fourth-order valence-electron chi connectivity index (χ4n) is 4.06. The van der Waals surface area contributed by atoms with E-state index < -0.39 is 17.6 Å². The largest absolute Gasteiger partial charge is 0.417 e. The molecule has 0 fully saturated rings. The second-order valence-corrected chi connectivity index (χ2v) is 8.30. The second kappa shape index (κ2) is 10.1. The number of para-hydroxylation sites is 1. The van der Waals surface area contributed by atoms with Gasteiger partial charge in [-0.15, -0.1) is 0 Å². The number of benzene rings is 4. The molecule has 1 N–H and O–H groups in total. The first kappa shape index (κ1) is 23.9. The molecule has 1 heterocycles. The Morgan fingerprint density at radius 3 is 2.14 bits per heavy atom. The highest BCUT2D eigenvalue weighted by molar-refractivity contribution is 6.07. The van der Waals surface area contributed by atoms with E-state index in [0.29, 0.717) is 22.2 Å². The molecule has 37 heavy (non-hydrogen) atoms. The van der Waals surface area contributed by atoms with Gasteiger partial charge in [-0.1, -0.05) is 91.0 Å². The van der Waals surface area contributed by atoms with Crippen LogP contribution >= 0.6 is 0 Å². The molecule has 7 heteroatoms. The normalized spacial score (nSPS) is 11.6. The Bertz CT molecular complexity index is 1590. The number of nitrogens with zero attached hydrogens (tertiary/aromatic N) is 2. The Labute approximate surface area is 211 Å². The number of halogens is 3. The van der Waals surface area contributed by atoms with Crippen LogP contribution in [0.25, 0.3) is 33.3 Å². The lowest BCUT2D eigenvalue weighted by Crippen LogP contribution is -2.19. The monoisotopic (exact) mass is 495 g/mol. The van der Waals surface area contributed by atoms with Gasteiger partial charge in [0, 0.05) is 16.5 Å². The highest BCUT2D eigenvalue weighted by Gasteiger charge is 2.32. The molecule has 5 rings (SSSR count). The SMILES string of the molecule is O=C(N/N=C\c1ccccc1C(F)(F)F)c1cc(-c2ccc(-c3ccccc3)cc2)nc2ccccc12. The first-order valence-corrected chi connectivity index (χ1v) is 11.5. The number of pyridine rings is 1. The van der Waals surface area contributed by atoms with E-state index in [4.69, 9.17) is 4.98 Å². The summed E-state index contributed by atoms with van der Waals surface area (Å²) in [6, 6.07) is 31.7. The van der Waals surface area contributed by atoms with E-state index in [-0.39, 0.29) is 5.56 Å². The molecule has 4 aromatic carbocycles. The summed E-state index contributed by atoms with van der Waals surface area (Å²) < 4.78 is 39.7. The van der Waals surface area contributed by atoms with Crippen LogP contribution in [0.15, 0.2) is 114 Å². The van der Waals surface area contributed by atoms with Gasteiger partial charge in [0.2, 0.25) is 0 Å².